The van der Waals surface area contributed by atoms with Crippen LogP contribution in [0.4, 0.5) is 0 Å². The van der Waals surface area contributed by atoms with E-state index in [-0.39, 0.29) is 6.04 Å². The van der Waals surface area contributed by atoms with Crippen molar-refractivity contribution < 1.29 is 0 Å². The molecule has 1 aliphatic carbocycles. The second-order valence-electron chi connectivity index (χ2n) is 3.24. The van der Waals surface area contributed by atoms with E-state index < -0.39 is 0 Å². The molecule has 0 saturated heterocycles. The molecule has 1 atom stereocenters. The zero-order valence-corrected chi connectivity index (χ0v) is 7.21. The van der Waals surface area contributed by atoms with E-state index in [0.29, 0.717) is 12.5 Å². The van der Waals surface area contributed by atoms with Gasteiger partial charge in [-0.3, -0.25) is 5.32 Å². The van der Waals surface area contributed by atoms with Crippen LogP contribution in [-0.2, 0) is 0 Å². The van der Waals surface area contributed by atoms with Gasteiger partial charge in [0.15, 0.2) is 0 Å². The van der Waals surface area contributed by atoms with Crippen LogP contribution in [0.1, 0.15) is 25.7 Å². The summed E-state index contributed by atoms with van der Waals surface area (Å²) in [5.41, 5.74) is 0. The molecule has 1 unspecified atom stereocenters. The second-order valence-corrected chi connectivity index (χ2v) is 3.24. The summed E-state index contributed by atoms with van der Waals surface area (Å²) in [6.07, 6.45) is 9.99. The van der Waals surface area contributed by atoms with Gasteiger partial charge in [0, 0.05) is 0 Å². The van der Waals surface area contributed by atoms with E-state index in [1.54, 1.807) is 0 Å². The Hall–Kier alpha value is -0.990. The number of hydrogen-bond donors (Lipinski definition) is 1. The van der Waals surface area contributed by atoms with Gasteiger partial charge in [-0.25, -0.2) is 0 Å². The first kappa shape index (κ1) is 9.10. The van der Waals surface area contributed by atoms with Crippen molar-refractivity contribution in [1.29, 1.82) is 5.26 Å². The molecule has 1 rings (SSSR count). The van der Waals surface area contributed by atoms with Gasteiger partial charge in [-0.15, -0.1) is 6.42 Å². The van der Waals surface area contributed by atoms with Crippen molar-refractivity contribution in [1.82, 2.24) is 5.32 Å². The molecule has 1 saturated carbocycles. The van der Waals surface area contributed by atoms with Crippen LogP contribution in [0.25, 0.3) is 0 Å². The molecular weight excluding hydrogens is 148 g/mol. The summed E-state index contributed by atoms with van der Waals surface area (Å²) in [6.45, 7) is 0.509. The summed E-state index contributed by atoms with van der Waals surface area (Å²) >= 11 is 0. The highest BCUT2D eigenvalue weighted by Crippen LogP contribution is 2.27. The largest absolute Gasteiger partial charge is 0.291 e. The highest BCUT2D eigenvalue weighted by Gasteiger charge is 2.23. The fourth-order valence-electron chi connectivity index (χ4n) is 1.78. The molecule has 0 aromatic carbocycles. The molecule has 0 aromatic rings. The molecule has 0 aliphatic heterocycles. The van der Waals surface area contributed by atoms with Crippen molar-refractivity contribution in [3.8, 4) is 18.4 Å². The minimum Gasteiger partial charge on any atom is -0.291 e. The maximum Gasteiger partial charge on any atom is 0.0988 e. The van der Waals surface area contributed by atoms with E-state index in [1.807, 2.05) is 0 Å². The smallest absolute Gasteiger partial charge is 0.0988 e. The Labute approximate surface area is 74.0 Å². The summed E-state index contributed by atoms with van der Waals surface area (Å²) in [7, 11) is 0. The Morgan fingerprint density at radius 1 is 1.50 bits per heavy atom. The van der Waals surface area contributed by atoms with Gasteiger partial charge < -0.3 is 0 Å². The minimum absolute atomic E-state index is 0.0245. The van der Waals surface area contributed by atoms with E-state index >= 15 is 0 Å². The molecule has 0 bridgehead atoms. The third-order valence-electron chi connectivity index (χ3n) is 2.43. The van der Waals surface area contributed by atoms with Crippen LogP contribution in [0, 0.1) is 29.6 Å². The summed E-state index contributed by atoms with van der Waals surface area (Å²) in [6, 6.07) is 2.25. The molecule has 0 heterocycles. The summed E-state index contributed by atoms with van der Waals surface area (Å²) in [4.78, 5) is 0. The number of nitrogens with zero attached hydrogens (tertiary/aromatic N) is 1. The van der Waals surface area contributed by atoms with Crippen LogP contribution in [0.15, 0.2) is 0 Å². The van der Waals surface area contributed by atoms with Gasteiger partial charge in [0.2, 0.25) is 0 Å². The molecule has 0 spiro atoms. The van der Waals surface area contributed by atoms with Gasteiger partial charge in [0.1, 0.15) is 0 Å². The van der Waals surface area contributed by atoms with Gasteiger partial charge in [-0.2, -0.15) is 5.26 Å². The maximum atomic E-state index is 8.83. The van der Waals surface area contributed by atoms with Crippen LogP contribution in [0.2, 0.25) is 0 Å². The van der Waals surface area contributed by atoms with Gasteiger partial charge in [0.25, 0.3) is 0 Å². The lowest BCUT2D eigenvalue weighted by Gasteiger charge is -2.15. The van der Waals surface area contributed by atoms with Gasteiger partial charge in [-0.05, 0) is 18.8 Å². The molecule has 1 N–H and O–H groups in total. The van der Waals surface area contributed by atoms with E-state index in [2.05, 4.69) is 17.3 Å². The molecule has 1 fully saturated rings. The fraction of sp³-hybridized carbons (Fsp3) is 0.700. The number of hydrogen-bond acceptors (Lipinski definition) is 2. The molecule has 12 heavy (non-hydrogen) atoms. The zero-order chi connectivity index (χ0) is 8.81. The van der Waals surface area contributed by atoms with Crippen LogP contribution in [0.3, 0.4) is 0 Å². The standard InChI is InChI=1S/C10H14N2/c1-2-7-12-10(8-11)9-5-3-4-6-9/h1,9-10,12H,3-7H2. The molecule has 64 valence electrons. The lowest BCUT2D eigenvalue weighted by molar-refractivity contribution is 0.437. The van der Waals surface area contributed by atoms with Crippen molar-refractivity contribution in [3.63, 3.8) is 0 Å². The van der Waals surface area contributed by atoms with Gasteiger partial charge in [0.05, 0.1) is 18.7 Å². The molecular formula is C10H14N2. The summed E-state index contributed by atoms with van der Waals surface area (Å²) in [5.74, 6) is 3.02. The first-order valence-corrected chi connectivity index (χ1v) is 4.45. The highest BCUT2D eigenvalue weighted by atomic mass is 14.9. The summed E-state index contributed by atoms with van der Waals surface area (Å²) < 4.78 is 0. The second kappa shape index (κ2) is 4.80. The van der Waals surface area contributed by atoms with Crippen molar-refractivity contribution in [2.75, 3.05) is 6.54 Å². The van der Waals surface area contributed by atoms with Crippen molar-refractivity contribution in [2.45, 2.75) is 31.7 Å². The Morgan fingerprint density at radius 3 is 2.67 bits per heavy atom. The van der Waals surface area contributed by atoms with E-state index in [0.717, 1.165) is 0 Å². The SMILES string of the molecule is C#CCNC(C#N)C1CCCC1. The maximum absolute atomic E-state index is 8.83. The number of nitrogens with one attached hydrogen (secondary N) is 1. The van der Waals surface area contributed by atoms with Crippen molar-refractivity contribution in [3.05, 3.63) is 0 Å². The van der Waals surface area contributed by atoms with E-state index in [9.17, 15) is 0 Å². The molecule has 1 aliphatic rings. The number of nitriles is 1. The third kappa shape index (κ3) is 2.26. The topological polar surface area (TPSA) is 35.8 Å². The zero-order valence-electron chi connectivity index (χ0n) is 7.21. The Bertz CT molecular complexity index is 203. The van der Waals surface area contributed by atoms with Crippen LogP contribution < -0.4 is 5.32 Å². The van der Waals surface area contributed by atoms with Crippen LogP contribution >= 0.6 is 0 Å². The summed E-state index contributed by atoms with van der Waals surface area (Å²) in [5, 5.41) is 11.9. The minimum atomic E-state index is -0.0245. The molecule has 0 amide bonds. The van der Waals surface area contributed by atoms with Gasteiger partial charge >= 0.3 is 0 Å². The average Bonchev–Trinajstić information content (AvgIpc) is 2.59. The van der Waals surface area contributed by atoms with Crippen molar-refractivity contribution in [2.24, 2.45) is 5.92 Å². The Balaban J connectivity index is 2.35. The van der Waals surface area contributed by atoms with Crippen LogP contribution in [0.5, 0.6) is 0 Å². The molecule has 2 nitrogen and oxygen atoms in total. The molecule has 2 heteroatoms. The first-order valence-electron chi connectivity index (χ1n) is 4.45. The van der Waals surface area contributed by atoms with Crippen molar-refractivity contribution >= 4 is 0 Å². The third-order valence-corrected chi connectivity index (χ3v) is 2.43. The average molecular weight is 162 g/mol. The quantitative estimate of drug-likeness (QED) is 0.635. The fourth-order valence-corrected chi connectivity index (χ4v) is 1.78. The lowest BCUT2D eigenvalue weighted by Crippen LogP contribution is -2.33. The monoisotopic (exact) mass is 162 g/mol. The lowest BCUT2D eigenvalue weighted by atomic mass is 9.99. The van der Waals surface area contributed by atoms with E-state index in [1.165, 1.54) is 25.7 Å². The Morgan fingerprint density at radius 2 is 2.17 bits per heavy atom. The highest BCUT2D eigenvalue weighted by molar-refractivity contribution is 4.99. The first-order chi connectivity index (χ1) is 5.88. The normalized spacial score (nSPS) is 19.8. The Kier molecular flexibility index (Phi) is 3.64. The van der Waals surface area contributed by atoms with E-state index in [4.69, 9.17) is 11.7 Å². The number of rotatable bonds is 3. The predicted octanol–water partition coefficient (Wildman–Crippen LogP) is 1.29. The molecule has 0 aromatic heterocycles. The molecule has 0 radical (unpaired) electrons. The number of terminal acetylenes is 1. The predicted molar refractivity (Wildman–Crippen MR) is 48.2 cm³/mol. The van der Waals surface area contributed by atoms with Gasteiger partial charge in [-0.1, -0.05) is 18.8 Å². The van der Waals surface area contributed by atoms with Crippen LogP contribution in [-0.4, -0.2) is 12.6 Å².